The SMILES string of the molecule is [PH-]PP(P)P(P(P(P)P)P(P)P)P(P(P(P(P)P)P(P)P)P(P(P)P)P(P)P)P(P(P(P(P(P)P)P(P)P)P(P(P)P)P(P)P)P(P(P(P)P)P(P)P)P(P(P)P)P(P)P)P(P(P(P(P)P)P(P)P)P(P(P)P)P(P)P)P(P(P(P)P)P(P)P)P(P(P)P)P(P)P. The van der Waals surface area contributed by atoms with Crippen molar-refractivity contribution in [1.82, 2.24) is 0 Å². The summed E-state index contributed by atoms with van der Waals surface area (Å²) in [6.07, 6.45) is 0. The maximum Gasteiger partial charge on any atom is -0.00000272 e. The monoisotopic (exact) mass is 2910 g/mol. The highest BCUT2D eigenvalue weighted by Gasteiger charge is 2.66. The summed E-state index contributed by atoms with van der Waals surface area (Å²) in [5, 5.41) is 0. The van der Waals surface area contributed by atoms with E-state index in [1.54, 1.807) is 0 Å². The van der Waals surface area contributed by atoms with Gasteiger partial charge in [-0.15, -0.1) is 402 Å². The largest absolute Gasteiger partial charge is 0.524 e. The van der Waals surface area contributed by atoms with Gasteiger partial charge in [-0.3, -0.25) is 7.96 Å². The van der Waals surface area contributed by atoms with Gasteiger partial charge < -0.3 is 8.93 Å². The fourth-order valence-electron chi connectivity index (χ4n) is 5.56. The molecule has 0 N–H and O–H groups in total. The Balaban J connectivity index is 13.8. The summed E-state index contributed by atoms with van der Waals surface area (Å²) < 4.78 is 0. The van der Waals surface area contributed by atoms with Gasteiger partial charge >= 0.3 is 0 Å². The highest BCUT2D eigenvalue weighted by atomic mass is 33.6. The average molecular weight is 2910 g/mol. The lowest BCUT2D eigenvalue weighted by molar-refractivity contribution is 4.30. The molecule has 0 heterocycles. The van der Waals surface area contributed by atoms with Crippen LogP contribution >= 0.6 is 726 Å². The van der Waals surface area contributed by atoms with Crippen LogP contribution in [0.3, 0.4) is 0 Å². The number of hydrogen-bond acceptors (Lipinski definition) is 0. The lowest BCUT2D eigenvalue weighted by atomic mass is 28.4. The molecule has 0 aromatic carbocycles. The zero-order valence-corrected chi connectivity index (χ0v) is 140. The highest BCUT2D eigenvalue weighted by Crippen LogP contribution is 3.53. The first-order chi connectivity index (χ1) is 41.4. The third kappa shape index (κ3) is 45.9. The molecule has 0 amide bonds. The van der Waals surface area contributed by atoms with Gasteiger partial charge in [0.05, 0.1) is 0 Å². The van der Waals surface area contributed by atoms with E-state index in [4.69, 9.17) is 8.93 Å². The summed E-state index contributed by atoms with van der Waals surface area (Å²) in [6.45, 7) is -18.0. The minimum Gasteiger partial charge on any atom is -0.524 e. The Kier molecular flexibility index (Phi) is 102. The molecule has 0 aliphatic carbocycles. The zero-order valence-electron chi connectivity index (χ0n) is 46.7. The molecule has 49 atom stereocenters. The maximum atomic E-state index is 4.76. The fourth-order valence-corrected chi connectivity index (χ4v) is 1350. The van der Waals surface area contributed by atoms with Crippen molar-refractivity contribution in [2.75, 3.05) is 0 Å². The predicted molar refractivity (Wildman–Crippen MR) is 758 cm³/mol. The zero-order chi connectivity index (χ0) is 72.1. The van der Waals surface area contributed by atoms with Crippen molar-refractivity contribution < 1.29 is 0 Å². The Labute approximate surface area is 714 Å². The van der Waals surface area contributed by atoms with Crippen LogP contribution in [-0.4, -0.2) is 0 Å². The summed E-state index contributed by atoms with van der Waals surface area (Å²) in [5.41, 5.74) is 0. The first-order valence-electron chi connectivity index (χ1n) is 20.7. The lowest BCUT2D eigenvalue weighted by Gasteiger charge is -2.63. The minimum atomic E-state index is -0.575. The van der Waals surface area contributed by atoms with Crippen LogP contribution in [0.2, 0.25) is 0 Å². The van der Waals surface area contributed by atoms with E-state index in [-0.39, 0.29) is 90.8 Å². The van der Waals surface area contributed by atoms with Crippen LogP contribution in [0.15, 0.2) is 0 Å². The third-order valence-electron chi connectivity index (χ3n) is 8.05. The van der Waals surface area contributed by atoms with Crippen molar-refractivity contribution in [3.63, 3.8) is 0 Å². The molecule has 0 bridgehead atoms. The number of rotatable bonds is 44. The van der Waals surface area contributed by atoms with E-state index in [2.05, 4.69) is 402 Å². The molecule has 91 heteroatoms. The molecule has 0 saturated carbocycles. The fraction of sp³-hybridized carbons (Fsp3) is 0. The van der Waals surface area contributed by atoms with Gasteiger partial charge in [0.25, 0.3) is 0 Å². The quantitative estimate of drug-likeness (QED) is 0.0534. The van der Waals surface area contributed by atoms with Crippen LogP contribution in [0, 0.1) is 0 Å². The molecule has 0 aromatic heterocycles. The normalized spacial score (nSPS) is 15.7. The van der Waals surface area contributed by atoms with Crippen molar-refractivity contribution in [2.45, 2.75) is 0 Å². The second-order valence-electron chi connectivity index (χ2n) is 14.5. The van der Waals surface area contributed by atoms with Crippen molar-refractivity contribution in [3.05, 3.63) is 0 Å². The minimum absolute atomic E-state index is 0.355. The first kappa shape index (κ1) is 130. The van der Waals surface area contributed by atoms with Gasteiger partial charge in [0.1, 0.15) is 0 Å². The molecule has 0 fully saturated rings. The molecular weight excluding hydrogens is 2820 g/mol. The van der Waals surface area contributed by atoms with Crippen LogP contribution in [0.1, 0.15) is 0 Å². The molecule has 91 heavy (non-hydrogen) atoms. The topological polar surface area (TPSA) is 0 Å². The second-order valence-corrected chi connectivity index (χ2v) is 390. The van der Waals surface area contributed by atoms with Crippen molar-refractivity contribution in [2.24, 2.45) is 0 Å². The summed E-state index contributed by atoms with van der Waals surface area (Å²) in [6, 6.07) is 0. The standard InChI is InChI=1S/H92P91/c1-47-70(46)82(71(48(2)3)49(4)5)88(83(72(50(6)7)51(8)9)73(52(10)11)53(12)13)91(89(84(74(54(14)15)55(16)17)75(56(18)19)57(20)21)85(76(58(22)23)59(24)25)77(60(26)27)61(28)29)90(86(78(62(30)31)63(32)33)79(64(34)35)65(36)37)87(80(66(38)39)67(40)41)81(68(42)43)69(44)45/h1,47H,2-46H2/q-1. The summed E-state index contributed by atoms with van der Waals surface area (Å²) in [7, 11) is 174. The number of hydrogen-bond donors (Lipinski definition) is 0. The van der Waals surface area contributed by atoms with E-state index < -0.39 is 217 Å². The third-order valence-corrected chi connectivity index (χ3v) is 652. The predicted octanol–water partition coefficient (Wildman–Crippen LogP) is 53.7. The summed E-state index contributed by atoms with van der Waals surface area (Å²) >= 11 is 0. The first-order valence-corrected chi connectivity index (χ1v) is 186. The molecule has 49 unspecified atom stereocenters. The van der Waals surface area contributed by atoms with E-state index in [1.165, 1.54) is 0 Å². The Morgan fingerprint density at radius 2 is 0.176 bits per heavy atom. The molecule has 548 valence electrons. The molecule has 0 aromatic rings. The molecule has 0 radical (unpaired) electrons. The molecule has 0 rings (SSSR count). The maximum absolute atomic E-state index is 4.76. The second kappa shape index (κ2) is 71.6. The summed E-state index contributed by atoms with van der Waals surface area (Å²) in [5.74, 6) is 0. The Morgan fingerprint density at radius 1 is 0.110 bits per heavy atom. The van der Waals surface area contributed by atoms with Gasteiger partial charge in [-0.25, -0.2) is 0 Å². The summed E-state index contributed by atoms with van der Waals surface area (Å²) in [4.78, 5) is 0. The van der Waals surface area contributed by atoms with Crippen LogP contribution < -0.4 is 0 Å². The van der Waals surface area contributed by atoms with Gasteiger partial charge in [-0.1, -0.05) is 6.99 Å². The Hall–Kier alpha value is 39.1. The van der Waals surface area contributed by atoms with Crippen molar-refractivity contribution in [3.8, 4) is 0 Å². The van der Waals surface area contributed by atoms with Crippen LogP contribution in [0.25, 0.3) is 0 Å². The van der Waals surface area contributed by atoms with Crippen molar-refractivity contribution in [1.29, 1.82) is 0 Å². The lowest BCUT2D eigenvalue weighted by Crippen LogP contribution is -1.76. The molecule has 0 aliphatic rings. The van der Waals surface area contributed by atoms with Crippen LogP contribution in [-0.2, 0) is 0 Å². The molecule has 0 nitrogen and oxygen atoms in total. The van der Waals surface area contributed by atoms with Gasteiger partial charge in [-0.05, 0) is 300 Å². The van der Waals surface area contributed by atoms with E-state index in [0.29, 0.717) is 0 Å². The molecule has 0 spiro atoms. The molecule has 0 aliphatic heterocycles. The Bertz CT molecular complexity index is 1460. The van der Waals surface area contributed by atoms with Crippen molar-refractivity contribution >= 4 is 726 Å². The van der Waals surface area contributed by atoms with E-state index in [0.717, 1.165) is 7.96 Å². The smallest absolute Gasteiger partial charge is 0.00000272 e. The highest BCUT2D eigenvalue weighted by molar-refractivity contribution is 9.59. The van der Waals surface area contributed by atoms with Gasteiger partial charge in [0.15, 0.2) is 0 Å². The van der Waals surface area contributed by atoms with E-state index in [9.17, 15) is 0 Å². The van der Waals surface area contributed by atoms with Crippen LogP contribution in [0.4, 0.5) is 0 Å². The average Bonchev–Trinajstić information content (AvgIpc) is 3.33. The van der Waals surface area contributed by atoms with Gasteiger partial charge in [-0.2, -0.15) is 0 Å². The van der Waals surface area contributed by atoms with Crippen LogP contribution in [0.5, 0.6) is 0 Å². The molecule has 0 saturated heterocycles. The van der Waals surface area contributed by atoms with E-state index >= 15 is 0 Å². The van der Waals surface area contributed by atoms with E-state index in [1.807, 2.05) is 0 Å². The van der Waals surface area contributed by atoms with Gasteiger partial charge in [0, 0.05) is 0 Å². The Morgan fingerprint density at radius 3 is 0.253 bits per heavy atom. The van der Waals surface area contributed by atoms with Gasteiger partial charge in [0.2, 0.25) is 0 Å². The molecular formula is H92P91-.